The SMILES string of the molecule is CCCC(C)C1(CC)C(=O)N=C([O-])NC1=O.OB(O)O.[Na+]. The standard InChI is InChI=1S/C11H18N2O3.BH3O3.Na/c1-4-6-7(3)11(5-2)8(14)12-10(16)13-9(11)15;2-1(3)4;/h7H,4-6H2,1-3H3,(H2,12,13,14,15,16);2-4H;/q;;+1/p-1. The maximum Gasteiger partial charge on any atom is 1.00 e. The Morgan fingerprint density at radius 1 is 1.33 bits per heavy atom. The number of rotatable bonds is 4. The normalized spacial score (nSPS) is 22.1. The maximum atomic E-state index is 11.9. The molecule has 4 N–H and O–H groups in total. The van der Waals surface area contributed by atoms with Crippen molar-refractivity contribution in [3.63, 3.8) is 0 Å². The third-order valence-electron chi connectivity index (χ3n) is 3.33. The molecule has 0 saturated heterocycles. The summed E-state index contributed by atoms with van der Waals surface area (Å²) in [5.74, 6) is -1.20. The first-order valence-corrected chi connectivity index (χ1v) is 6.38. The second kappa shape index (κ2) is 10.3. The summed E-state index contributed by atoms with van der Waals surface area (Å²) in [4.78, 5) is 27.1. The van der Waals surface area contributed by atoms with E-state index < -0.39 is 30.6 Å². The third kappa shape index (κ3) is 6.05. The Labute approximate surface area is 146 Å². The van der Waals surface area contributed by atoms with Gasteiger partial charge in [-0.05, 0) is 18.8 Å². The Morgan fingerprint density at radius 3 is 2.14 bits per heavy atom. The Balaban J connectivity index is 0. The molecule has 0 saturated carbocycles. The van der Waals surface area contributed by atoms with Crippen LogP contribution in [-0.2, 0) is 9.59 Å². The third-order valence-corrected chi connectivity index (χ3v) is 3.33. The van der Waals surface area contributed by atoms with Gasteiger partial charge in [-0.3, -0.25) is 9.59 Å². The summed E-state index contributed by atoms with van der Waals surface area (Å²) in [6, 6.07) is -0.845. The molecular weight excluding hydrogens is 290 g/mol. The molecule has 0 bridgehead atoms. The quantitative estimate of drug-likeness (QED) is 0.303. The summed E-state index contributed by atoms with van der Waals surface area (Å²) in [5, 5.41) is 34.6. The van der Waals surface area contributed by atoms with E-state index in [1.54, 1.807) is 6.92 Å². The number of hydrogen-bond acceptors (Lipinski definition) is 6. The number of carbonyl (C=O) groups is 2. The monoisotopic (exact) mass is 310 g/mol. The fraction of sp³-hybridized carbons (Fsp3) is 0.727. The molecule has 0 fully saturated rings. The summed E-state index contributed by atoms with van der Waals surface area (Å²) in [7, 11) is -2.17. The van der Waals surface area contributed by atoms with Crippen LogP contribution in [0.25, 0.3) is 0 Å². The summed E-state index contributed by atoms with van der Waals surface area (Å²) < 4.78 is 0. The van der Waals surface area contributed by atoms with Crippen molar-refractivity contribution >= 4 is 25.2 Å². The van der Waals surface area contributed by atoms with Gasteiger partial charge in [0.15, 0.2) is 0 Å². The molecule has 0 spiro atoms. The topological polar surface area (TPSA) is 142 Å². The van der Waals surface area contributed by atoms with Crippen LogP contribution in [0.15, 0.2) is 4.99 Å². The average Bonchev–Trinajstić information content (AvgIpc) is 2.28. The largest absolute Gasteiger partial charge is 1.00 e. The van der Waals surface area contributed by atoms with Crippen molar-refractivity contribution in [1.82, 2.24) is 5.32 Å². The molecule has 1 rings (SSSR count). The van der Waals surface area contributed by atoms with Crippen molar-refractivity contribution < 1.29 is 59.3 Å². The molecule has 10 heteroatoms. The van der Waals surface area contributed by atoms with Crippen molar-refractivity contribution in [1.29, 1.82) is 0 Å². The van der Waals surface area contributed by atoms with Gasteiger partial charge in [-0.25, -0.2) is 4.99 Å². The van der Waals surface area contributed by atoms with Crippen LogP contribution in [0.3, 0.4) is 0 Å². The van der Waals surface area contributed by atoms with Crippen LogP contribution in [0.5, 0.6) is 0 Å². The minimum atomic E-state index is -2.17. The van der Waals surface area contributed by atoms with Gasteiger partial charge >= 0.3 is 36.9 Å². The molecule has 1 heterocycles. The number of aliphatic imine (C=N–C) groups is 1. The Hall–Kier alpha value is -0.445. The zero-order valence-corrected chi connectivity index (χ0v) is 14.8. The van der Waals surface area contributed by atoms with Crippen molar-refractivity contribution in [2.45, 2.75) is 40.0 Å². The molecule has 0 aromatic rings. The van der Waals surface area contributed by atoms with Crippen LogP contribution in [-0.4, -0.2) is 40.2 Å². The summed E-state index contributed by atoms with van der Waals surface area (Å²) in [5.41, 5.74) is -1.15. The predicted molar refractivity (Wildman–Crippen MR) is 69.8 cm³/mol. The predicted octanol–water partition coefficient (Wildman–Crippen LogP) is -4.86. The minimum absolute atomic E-state index is 0. The van der Waals surface area contributed by atoms with Gasteiger partial charge in [-0.15, -0.1) is 0 Å². The van der Waals surface area contributed by atoms with Crippen LogP contribution in [0.2, 0.25) is 0 Å². The Bertz CT molecular complexity index is 390. The van der Waals surface area contributed by atoms with Gasteiger partial charge in [0.2, 0.25) is 5.91 Å². The molecule has 0 aromatic heterocycles. The summed E-state index contributed by atoms with van der Waals surface area (Å²) in [6.07, 6.45) is 2.02. The fourth-order valence-electron chi connectivity index (χ4n) is 2.30. The van der Waals surface area contributed by atoms with E-state index in [0.717, 1.165) is 12.8 Å². The van der Waals surface area contributed by atoms with Gasteiger partial charge in [-0.1, -0.05) is 27.2 Å². The van der Waals surface area contributed by atoms with Crippen molar-refractivity contribution in [2.75, 3.05) is 0 Å². The molecule has 0 aliphatic carbocycles. The fourth-order valence-corrected chi connectivity index (χ4v) is 2.30. The van der Waals surface area contributed by atoms with Crippen LogP contribution in [0, 0.1) is 11.3 Å². The summed E-state index contributed by atoms with van der Waals surface area (Å²) >= 11 is 0. The van der Waals surface area contributed by atoms with Gasteiger partial charge < -0.3 is 25.5 Å². The number of amidine groups is 1. The van der Waals surface area contributed by atoms with Crippen LogP contribution >= 0.6 is 0 Å². The minimum Gasteiger partial charge on any atom is -0.846 e. The molecule has 0 radical (unpaired) electrons. The van der Waals surface area contributed by atoms with E-state index in [4.69, 9.17) is 15.1 Å². The van der Waals surface area contributed by atoms with Gasteiger partial charge in [-0.2, -0.15) is 0 Å². The first-order valence-electron chi connectivity index (χ1n) is 6.38. The van der Waals surface area contributed by atoms with Gasteiger partial charge in [0.1, 0.15) is 5.41 Å². The first-order chi connectivity index (χ1) is 9.22. The maximum absolute atomic E-state index is 11.9. The number of nitrogens with zero attached hydrogens (tertiary/aromatic N) is 1. The van der Waals surface area contributed by atoms with Crippen LogP contribution in [0.4, 0.5) is 0 Å². The number of amides is 2. The molecule has 21 heavy (non-hydrogen) atoms. The molecule has 0 aromatic carbocycles. The van der Waals surface area contributed by atoms with E-state index in [-0.39, 0.29) is 35.5 Å². The number of carbonyl (C=O) groups excluding carboxylic acids is 2. The van der Waals surface area contributed by atoms with E-state index in [0.29, 0.717) is 6.42 Å². The summed E-state index contributed by atoms with van der Waals surface area (Å²) in [6.45, 7) is 5.62. The molecule has 8 nitrogen and oxygen atoms in total. The second-order valence-corrected chi connectivity index (χ2v) is 4.54. The number of nitrogens with one attached hydrogen (secondary N) is 1. The van der Waals surface area contributed by atoms with Crippen LogP contribution in [0.1, 0.15) is 40.0 Å². The van der Waals surface area contributed by atoms with E-state index in [9.17, 15) is 14.7 Å². The molecule has 2 amide bonds. The molecular formula is C11H20BN2NaO6. The Kier molecular flexibility index (Phi) is 11.2. The van der Waals surface area contributed by atoms with Crippen molar-refractivity contribution in [3.8, 4) is 0 Å². The second-order valence-electron chi connectivity index (χ2n) is 4.54. The smallest absolute Gasteiger partial charge is 0.846 e. The molecule has 2 unspecified atom stereocenters. The molecule has 1 aliphatic rings. The van der Waals surface area contributed by atoms with Gasteiger partial charge in [0, 0.05) is 0 Å². The zero-order valence-electron chi connectivity index (χ0n) is 12.8. The van der Waals surface area contributed by atoms with E-state index >= 15 is 0 Å². The van der Waals surface area contributed by atoms with E-state index in [1.165, 1.54) is 0 Å². The van der Waals surface area contributed by atoms with Crippen LogP contribution < -0.4 is 40.0 Å². The zero-order chi connectivity index (χ0) is 15.9. The van der Waals surface area contributed by atoms with Gasteiger partial charge in [0.25, 0.3) is 5.91 Å². The Morgan fingerprint density at radius 2 is 1.81 bits per heavy atom. The average molecular weight is 310 g/mol. The molecule has 2 atom stereocenters. The molecule has 114 valence electrons. The first kappa shape index (κ1) is 22.8. The van der Waals surface area contributed by atoms with E-state index in [1.807, 2.05) is 13.8 Å². The van der Waals surface area contributed by atoms with E-state index in [2.05, 4.69) is 10.3 Å². The molecule has 1 aliphatic heterocycles. The van der Waals surface area contributed by atoms with Crippen molar-refractivity contribution in [2.24, 2.45) is 16.3 Å². The number of hydrogen-bond donors (Lipinski definition) is 4. The van der Waals surface area contributed by atoms with Gasteiger partial charge in [0.05, 0.1) is 6.02 Å². The van der Waals surface area contributed by atoms with Crippen molar-refractivity contribution in [3.05, 3.63) is 0 Å².